The van der Waals surface area contributed by atoms with Crippen molar-refractivity contribution in [1.82, 2.24) is 0 Å². The van der Waals surface area contributed by atoms with Crippen LogP contribution in [0, 0.1) is 10.8 Å². The molecule has 0 amide bonds. The Bertz CT molecular complexity index is 213. The minimum atomic E-state index is -0.425. The normalized spacial score (nSPS) is 13.3. The summed E-state index contributed by atoms with van der Waals surface area (Å²) in [5, 5.41) is 0. The molecule has 0 aromatic carbocycles. The van der Waals surface area contributed by atoms with Crippen molar-refractivity contribution in [1.29, 1.82) is 0 Å². The van der Waals surface area contributed by atoms with Gasteiger partial charge in [0.25, 0.3) is 0 Å². The third-order valence-electron chi connectivity index (χ3n) is 1.61. The molecule has 14 heavy (non-hydrogen) atoms. The Labute approximate surface area is 87.3 Å². The van der Waals surface area contributed by atoms with Gasteiger partial charge in [-0.2, -0.15) is 0 Å². The number of allylic oxidation sites excluding steroid dienone is 1. The molecule has 0 saturated carbocycles. The molecule has 0 N–H and O–H groups in total. The smallest absolute Gasteiger partial charge is 0.316 e. The second-order valence-electron chi connectivity index (χ2n) is 5.79. The molecule has 0 aliphatic heterocycles. The molecule has 82 valence electrons. The van der Waals surface area contributed by atoms with Gasteiger partial charge in [0.1, 0.15) is 0 Å². The van der Waals surface area contributed by atoms with E-state index in [-0.39, 0.29) is 11.4 Å². The predicted molar refractivity (Wildman–Crippen MR) is 58.8 cm³/mol. The highest BCUT2D eigenvalue weighted by Crippen LogP contribution is 2.19. The van der Waals surface area contributed by atoms with Gasteiger partial charge in [0.2, 0.25) is 0 Å². The summed E-state index contributed by atoms with van der Waals surface area (Å²) in [5.74, 6) is -0.192. The van der Waals surface area contributed by atoms with E-state index in [9.17, 15) is 4.79 Å². The average Bonchev–Trinajstić information content (AvgIpc) is 1.93. The molecule has 0 aliphatic rings. The summed E-state index contributed by atoms with van der Waals surface area (Å²) in [5.41, 5.74) is -0.184. The Morgan fingerprint density at radius 3 is 2.00 bits per heavy atom. The Kier molecular flexibility index (Phi) is 4.37. The third-order valence-corrected chi connectivity index (χ3v) is 1.61. The maximum absolute atomic E-state index is 11.3. The fourth-order valence-corrected chi connectivity index (χ4v) is 0.688. The lowest BCUT2D eigenvalue weighted by Gasteiger charge is -2.16. The standard InChI is InChI=1S/C12H22O2/c1-11(2,3)8-7-9-14-10(13)12(4,5)6/h7,9H,8H2,1-6H3/b9-7+. The molecule has 0 radical (unpaired) electrons. The van der Waals surface area contributed by atoms with Crippen LogP contribution in [-0.2, 0) is 9.53 Å². The van der Waals surface area contributed by atoms with Crippen molar-refractivity contribution in [2.24, 2.45) is 10.8 Å². The van der Waals surface area contributed by atoms with E-state index in [4.69, 9.17) is 4.74 Å². The molecule has 0 rings (SSSR count). The maximum atomic E-state index is 11.3. The van der Waals surface area contributed by atoms with E-state index in [0.717, 1.165) is 6.42 Å². The van der Waals surface area contributed by atoms with Gasteiger partial charge < -0.3 is 4.74 Å². The van der Waals surface area contributed by atoms with Crippen LogP contribution in [0.5, 0.6) is 0 Å². The van der Waals surface area contributed by atoms with Crippen LogP contribution in [0.2, 0.25) is 0 Å². The zero-order valence-corrected chi connectivity index (χ0v) is 10.2. The fourth-order valence-electron chi connectivity index (χ4n) is 0.688. The van der Waals surface area contributed by atoms with Crippen molar-refractivity contribution in [3.05, 3.63) is 12.3 Å². The minimum absolute atomic E-state index is 0.192. The van der Waals surface area contributed by atoms with Gasteiger partial charge in [0.15, 0.2) is 0 Å². The molecule has 0 atom stereocenters. The molecule has 0 heterocycles. The number of esters is 1. The van der Waals surface area contributed by atoms with E-state index in [1.165, 1.54) is 6.26 Å². The molecule has 0 aliphatic carbocycles. The van der Waals surface area contributed by atoms with Crippen LogP contribution < -0.4 is 0 Å². The van der Waals surface area contributed by atoms with Crippen molar-refractivity contribution in [3.63, 3.8) is 0 Å². The fraction of sp³-hybridized carbons (Fsp3) is 0.750. The lowest BCUT2D eigenvalue weighted by molar-refractivity contribution is -0.146. The molecule has 0 unspecified atom stereocenters. The first-order chi connectivity index (χ1) is 6.13. The van der Waals surface area contributed by atoms with Crippen molar-refractivity contribution in [3.8, 4) is 0 Å². The van der Waals surface area contributed by atoms with Gasteiger partial charge in [-0.05, 0) is 38.7 Å². The van der Waals surface area contributed by atoms with Crippen LogP contribution in [0.25, 0.3) is 0 Å². The van der Waals surface area contributed by atoms with Crippen molar-refractivity contribution >= 4 is 5.97 Å². The molecule has 0 aromatic rings. The first-order valence-electron chi connectivity index (χ1n) is 4.99. The quantitative estimate of drug-likeness (QED) is 0.501. The van der Waals surface area contributed by atoms with Gasteiger partial charge in [-0.25, -0.2) is 0 Å². The first kappa shape index (κ1) is 13.2. The Morgan fingerprint density at radius 2 is 1.64 bits per heavy atom. The van der Waals surface area contributed by atoms with E-state index >= 15 is 0 Å². The third kappa shape index (κ3) is 6.70. The van der Waals surface area contributed by atoms with Crippen LogP contribution in [-0.4, -0.2) is 5.97 Å². The number of hydrogen-bond acceptors (Lipinski definition) is 2. The van der Waals surface area contributed by atoms with E-state index in [2.05, 4.69) is 20.8 Å². The summed E-state index contributed by atoms with van der Waals surface area (Å²) in [6.07, 6.45) is 4.30. The van der Waals surface area contributed by atoms with Crippen LogP contribution in [0.4, 0.5) is 0 Å². The summed E-state index contributed by atoms with van der Waals surface area (Å²) in [6, 6.07) is 0. The average molecular weight is 198 g/mol. The summed E-state index contributed by atoms with van der Waals surface area (Å²) in [7, 11) is 0. The molecule has 0 aromatic heterocycles. The SMILES string of the molecule is CC(C)(C)C/C=C/OC(=O)C(C)(C)C. The number of hydrogen-bond donors (Lipinski definition) is 0. The molecule has 0 saturated heterocycles. The van der Waals surface area contributed by atoms with E-state index in [1.54, 1.807) is 0 Å². The second-order valence-corrected chi connectivity index (χ2v) is 5.79. The van der Waals surface area contributed by atoms with Crippen LogP contribution in [0.15, 0.2) is 12.3 Å². The zero-order valence-electron chi connectivity index (χ0n) is 10.2. The summed E-state index contributed by atoms with van der Waals surface area (Å²) >= 11 is 0. The Morgan fingerprint density at radius 1 is 1.14 bits per heavy atom. The van der Waals surface area contributed by atoms with Gasteiger partial charge in [-0.1, -0.05) is 20.8 Å². The van der Waals surface area contributed by atoms with E-state index in [1.807, 2.05) is 26.8 Å². The number of carbonyl (C=O) groups is 1. The molecule has 2 heteroatoms. The molecular formula is C12H22O2. The summed E-state index contributed by atoms with van der Waals surface area (Å²) in [6.45, 7) is 11.9. The van der Waals surface area contributed by atoms with E-state index in [0.29, 0.717) is 0 Å². The molecular weight excluding hydrogens is 176 g/mol. The number of carbonyl (C=O) groups excluding carboxylic acids is 1. The predicted octanol–water partition coefficient (Wildman–Crippen LogP) is 3.53. The van der Waals surface area contributed by atoms with Crippen LogP contribution in [0.3, 0.4) is 0 Å². The highest BCUT2D eigenvalue weighted by atomic mass is 16.5. The van der Waals surface area contributed by atoms with Gasteiger partial charge >= 0.3 is 5.97 Å². The van der Waals surface area contributed by atoms with Crippen molar-refractivity contribution in [2.75, 3.05) is 0 Å². The highest BCUT2D eigenvalue weighted by Gasteiger charge is 2.22. The molecule has 0 bridgehead atoms. The lowest BCUT2D eigenvalue weighted by Crippen LogP contribution is -2.20. The van der Waals surface area contributed by atoms with Crippen molar-refractivity contribution in [2.45, 2.75) is 48.0 Å². The van der Waals surface area contributed by atoms with Gasteiger partial charge in [-0.15, -0.1) is 0 Å². The summed E-state index contributed by atoms with van der Waals surface area (Å²) in [4.78, 5) is 11.3. The Hall–Kier alpha value is -0.790. The van der Waals surface area contributed by atoms with Crippen molar-refractivity contribution < 1.29 is 9.53 Å². The first-order valence-corrected chi connectivity index (χ1v) is 4.99. The molecule has 0 fully saturated rings. The van der Waals surface area contributed by atoms with Crippen LogP contribution >= 0.6 is 0 Å². The molecule has 0 spiro atoms. The largest absolute Gasteiger partial charge is 0.434 e. The monoisotopic (exact) mass is 198 g/mol. The topological polar surface area (TPSA) is 26.3 Å². The summed E-state index contributed by atoms with van der Waals surface area (Å²) < 4.78 is 4.98. The highest BCUT2D eigenvalue weighted by molar-refractivity contribution is 5.75. The van der Waals surface area contributed by atoms with Gasteiger partial charge in [0, 0.05) is 0 Å². The number of ether oxygens (including phenoxy) is 1. The zero-order chi connectivity index (χ0) is 11.4. The maximum Gasteiger partial charge on any atom is 0.316 e. The molecule has 2 nitrogen and oxygen atoms in total. The van der Waals surface area contributed by atoms with Gasteiger partial charge in [-0.3, -0.25) is 4.79 Å². The second kappa shape index (κ2) is 4.63. The lowest BCUT2D eigenvalue weighted by atomic mass is 9.92. The number of rotatable bonds is 2. The van der Waals surface area contributed by atoms with E-state index < -0.39 is 5.41 Å². The van der Waals surface area contributed by atoms with Gasteiger partial charge in [0.05, 0.1) is 11.7 Å². The van der Waals surface area contributed by atoms with Crippen LogP contribution in [0.1, 0.15) is 48.0 Å². The minimum Gasteiger partial charge on any atom is -0.434 e. The Balaban J connectivity index is 3.91.